The number of likely N-dealkylation sites (N-methyl/N-ethyl adjacent to an activating group) is 1. The van der Waals surface area contributed by atoms with Crippen molar-refractivity contribution < 1.29 is 14.3 Å². The highest BCUT2D eigenvalue weighted by Gasteiger charge is 2.32. The van der Waals surface area contributed by atoms with E-state index in [0.717, 1.165) is 24.3 Å². The number of methoxy groups -OCH3 is 1. The molecule has 0 spiro atoms. The van der Waals surface area contributed by atoms with Gasteiger partial charge in [-0.3, -0.25) is 4.79 Å². The maximum absolute atomic E-state index is 12.5. The number of hydrogen-bond donors (Lipinski definition) is 1. The van der Waals surface area contributed by atoms with Gasteiger partial charge in [-0.05, 0) is 44.0 Å². The van der Waals surface area contributed by atoms with E-state index in [0.29, 0.717) is 13.1 Å². The highest BCUT2D eigenvalue weighted by molar-refractivity contribution is 5.96. The molecule has 1 aromatic carbocycles. The van der Waals surface area contributed by atoms with Crippen molar-refractivity contribution in [1.82, 2.24) is 0 Å². The number of rotatable bonds is 5. The molecule has 1 fully saturated rings. The van der Waals surface area contributed by atoms with Crippen LogP contribution in [0.5, 0.6) is 5.75 Å². The van der Waals surface area contributed by atoms with E-state index in [1.54, 1.807) is 12.0 Å². The lowest BCUT2D eigenvalue weighted by atomic mass is 10.1. The van der Waals surface area contributed by atoms with Crippen LogP contribution in [0.4, 0.5) is 5.69 Å². The van der Waals surface area contributed by atoms with Crippen molar-refractivity contribution in [3.8, 4) is 5.75 Å². The van der Waals surface area contributed by atoms with Crippen molar-refractivity contribution in [2.45, 2.75) is 32.0 Å². The molecule has 21 heavy (non-hydrogen) atoms. The predicted octanol–water partition coefficient (Wildman–Crippen LogP) is 1.98. The summed E-state index contributed by atoms with van der Waals surface area (Å²) in [6.07, 6.45) is 1.24. The first-order valence-electron chi connectivity index (χ1n) is 7.00. The molecule has 2 atom stereocenters. The zero-order valence-electron chi connectivity index (χ0n) is 12.5. The first kappa shape index (κ1) is 17.8. The second-order valence-electron chi connectivity index (χ2n) is 4.84. The molecule has 1 aliphatic rings. The van der Waals surface area contributed by atoms with E-state index < -0.39 is 0 Å². The summed E-state index contributed by atoms with van der Waals surface area (Å²) in [6.45, 7) is 3.04. The van der Waals surface area contributed by atoms with Gasteiger partial charge in [0.25, 0.3) is 5.91 Å². The fourth-order valence-corrected chi connectivity index (χ4v) is 2.46. The third kappa shape index (κ3) is 4.09. The van der Waals surface area contributed by atoms with Crippen molar-refractivity contribution in [1.29, 1.82) is 0 Å². The normalized spacial score (nSPS) is 20.7. The molecule has 2 N–H and O–H groups in total. The van der Waals surface area contributed by atoms with Gasteiger partial charge in [0.2, 0.25) is 0 Å². The van der Waals surface area contributed by atoms with Crippen LogP contribution in [-0.2, 0) is 9.53 Å². The van der Waals surface area contributed by atoms with Crippen LogP contribution >= 0.6 is 12.4 Å². The van der Waals surface area contributed by atoms with E-state index in [9.17, 15) is 4.79 Å². The Hall–Kier alpha value is -1.30. The number of hydrogen-bond acceptors (Lipinski definition) is 4. The highest BCUT2D eigenvalue weighted by atomic mass is 35.5. The average Bonchev–Trinajstić information content (AvgIpc) is 2.97. The molecule has 0 aliphatic carbocycles. The number of carbonyl (C=O) groups excluding carboxylic acids is 1. The maximum Gasteiger partial charge on any atom is 0.256 e. The van der Waals surface area contributed by atoms with Crippen LogP contribution in [0.3, 0.4) is 0 Å². The maximum atomic E-state index is 12.5. The molecule has 6 heteroatoms. The number of amides is 1. The Morgan fingerprint density at radius 1 is 1.38 bits per heavy atom. The minimum absolute atomic E-state index is 0. The third-order valence-electron chi connectivity index (χ3n) is 3.61. The van der Waals surface area contributed by atoms with Gasteiger partial charge in [-0.15, -0.1) is 12.4 Å². The monoisotopic (exact) mass is 314 g/mol. The van der Waals surface area contributed by atoms with Crippen molar-refractivity contribution in [3.63, 3.8) is 0 Å². The fraction of sp³-hybridized carbons (Fsp3) is 0.533. The van der Waals surface area contributed by atoms with Gasteiger partial charge in [0.15, 0.2) is 0 Å². The van der Waals surface area contributed by atoms with Crippen LogP contribution < -0.4 is 15.4 Å². The Kier molecular flexibility index (Phi) is 6.95. The molecule has 1 aromatic rings. The summed E-state index contributed by atoms with van der Waals surface area (Å²) in [6, 6.07) is 7.47. The Morgan fingerprint density at radius 2 is 2.05 bits per heavy atom. The summed E-state index contributed by atoms with van der Waals surface area (Å²) >= 11 is 0. The molecule has 5 nitrogen and oxygen atoms in total. The lowest BCUT2D eigenvalue weighted by Gasteiger charge is -2.24. The standard InChI is InChI=1S/C15H22N2O3.ClH/c1-3-17(11-4-6-12(19-2)7-5-11)15(18)14-9-8-13(10-16)20-14;/h4-7,13-14H,3,8-10,16H2,1-2H3;1H/t13-,14+;/m1./s1. The largest absolute Gasteiger partial charge is 0.497 e. The lowest BCUT2D eigenvalue weighted by Crippen LogP contribution is -2.39. The average molecular weight is 315 g/mol. The summed E-state index contributed by atoms with van der Waals surface area (Å²) in [5.41, 5.74) is 6.44. The van der Waals surface area contributed by atoms with Crippen LogP contribution in [0.1, 0.15) is 19.8 Å². The van der Waals surface area contributed by atoms with Crippen LogP contribution in [-0.4, -0.2) is 38.3 Å². The summed E-state index contributed by atoms with van der Waals surface area (Å²) < 4.78 is 10.8. The second kappa shape index (κ2) is 8.22. The first-order valence-corrected chi connectivity index (χ1v) is 7.00. The minimum atomic E-state index is -0.370. The van der Waals surface area contributed by atoms with E-state index in [4.69, 9.17) is 15.2 Å². The van der Waals surface area contributed by atoms with Gasteiger partial charge in [-0.2, -0.15) is 0 Å². The number of benzene rings is 1. The predicted molar refractivity (Wildman–Crippen MR) is 85.2 cm³/mol. The second-order valence-corrected chi connectivity index (χ2v) is 4.84. The smallest absolute Gasteiger partial charge is 0.256 e. The molecule has 1 amide bonds. The molecular formula is C15H23ClN2O3. The van der Waals surface area contributed by atoms with Gasteiger partial charge in [0.1, 0.15) is 11.9 Å². The molecule has 2 rings (SSSR count). The van der Waals surface area contributed by atoms with Crippen molar-refractivity contribution in [2.24, 2.45) is 5.73 Å². The Morgan fingerprint density at radius 3 is 2.52 bits per heavy atom. The van der Waals surface area contributed by atoms with Gasteiger partial charge in [-0.1, -0.05) is 0 Å². The minimum Gasteiger partial charge on any atom is -0.497 e. The van der Waals surface area contributed by atoms with Gasteiger partial charge >= 0.3 is 0 Å². The lowest BCUT2D eigenvalue weighted by molar-refractivity contribution is -0.129. The zero-order valence-corrected chi connectivity index (χ0v) is 13.3. The van der Waals surface area contributed by atoms with Gasteiger partial charge in [-0.25, -0.2) is 0 Å². The van der Waals surface area contributed by atoms with Gasteiger partial charge in [0, 0.05) is 18.8 Å². The Bertz CT molecular complexity index is 453. The van der Waals surface area contributed by atoms with E-state index in [1.807, 2.05) is 31.2 Å². The van der Waals surface area contributed by atoms with Crippen molar-refractivity contribution in [3.05, 3.63) is 24.3 Å². The quantitative estimate of drug-likeness (QED) is 0.902. The highest BCUT2D eigenvalue weighted by Crippen LogP contribution is 2.25. The summed E-state index contributed by atoms with van der Waals surface area (Å²) in [5, 5.41) is 0. The molecule has 0 radical (unpaired) electrons. The Labute approximate surface area is 131 Å². The summed E-state index contributed by atoms with van der Waals surface area (Å²) in [4.78, 5) is 14.3. The molecular weight excluding hydrogens is 292 g/mol. The van der Waals surface area contributed by atoms with Crippen LogP contribution in [0.25, 0.3) is 0 Å². The topological polar surface area (TPSA) is 64.8 Å². The van der Waals surface area contributed by atoms with Crippen molar-refractivity contribution >= 4 is 24.0 Å². The number of carbonyl (C=O) groups is 1. The van der Waals surface area contributed by atoms with Gasteiger partial charge in [0.05, 0.1) is 13.2 Å². The number of ether oxygens (including phenoxy) is 2. The zero-order chi connectivity index (χ0) is 14.5. The number of nitrogens with zero attached hydrogens (tertiary/aromatic N) is 1. The third-order valence-corrected chi connectivity index (χ3v) is 3.61. The SMILES string of the molecule is CCN(C(=O)[C@@H]1CC[C@H](CN)O1)c1ccc(OC)cc1.Cl. The van der Waals surface area contributed by atoms with E-state index in [1.165, 1.54) is 0 Å². The summed E-state index contributed by atoms with van der Waals surface area (Å²) in [7, 11) is 1.62. The first-order chi connectivity index (χ1) is 9.69. The van der Waals surface area contributed by atoms with Gasteiger partial charge < -0.3 is 20.1 Å². The van der Waals surface area contributed by atoms with E-state index >= 15 is 0 Å². The molecule has 0 bridgehead atoms. The molecule has 0 unspecified atom stereocenters. The van der Waals surface area contributed by atoms with Crippen molar-refractivity contribution in [2.75, 3.05) is 25.1 Å². The molecule has 1 saturated heterocycles. The molecule has 0 saturated carbocycles. The molecule has 118 valence electrons. The Balaban J connectivity index is 0.00000220. The number of halogens is 1. The van der Waals surface area contributed by atoms with E-state index in [-0.39, 0.29) is 30.5 Å². The fourth-order valence-electron chi connectivity index (χ4n) is 2.46. The molecule has 1 heterocycles. The van der Waals surface area contributed by atoms with Crippen LogP contribution in [0, 0.1) is 0 Å². The van der Waals surface area contributed by atoms with Crippen LogP contribution in [0.2, 0.25) is 0 Å². The molecule has 1 aliphatic heterocycles. The van der Waals surface area contributed by atoms with Crippen LogP contribution in [0.15, 0.2) is 24.3 Å². The number of anilines is 1. The molecule has 0 aromatic heterocycles. The number of nitrogens with two attached hydrogens (primary N) is 1. The summed E-state index contributed by atoms with van der Waals surface area (Å²) in [5.74, 6) is 0.784. The van der Waals surface area contributed by atoms with E-state index in [2.05, 4.69) is 0 Å².